The van der Waals surface area contributed by atoms with Crippen LogP contribution in [0.25, 0.3) is 0 Å². The number of aliphatic hydroxyl groups excluding tert-OH is 2. The van der Waals surface area contributed by atoms with Crippen LogP contribution in [0, 0.1) is 0 Å². The molecule has 1 aliphatic heterocycles. The topological polar surface area (TPSA) is 175 Å². The average molecular weight is 1030 g/mol. The maximum atomic E-state index is 13.1. The van der Waals surface area contributed by atoms with Gasteiger partial charge in [0.25, 0.3) is 0 Å². The molecule has 0 aromatic rings. The van der Waals surface area contributed by atoms with Crippen molar-refractivity contribution in [2.24, 2.45) is 0 Å². The molecule has 0 spiro atoms. The Kier molecular flexibility index (Phi) is 44.7. The summed E-state index contributed by atoms with van der Waals surface area (Å²) in [6.45, 7) is 5.77. The van der Waals surface area contributed by atoms with Gasteiger partial charge >= 0.3 is 23.9 Å². The van der Waals surface area contributed by atoms with E-state index in [1.807, 2.05) is 0 Å². The standard InChI is InChI=1S/C61H100O12/c1-4-7-10-13-16-19-22-24-26-27-29-31-34-37-40-43-46-49-55(64)72-59-57(66)56(65)58(60(67)68)73-61(59)70-51-52(71-54(63)48-45-42-39-36-32-21-18-15-12-9-6-3)50-69-53(62)47-44-41-38-35-33-30-28-25-23-20-17-14-11-8-5-2/h7,10,15-20,24-26,28-29,31,52,56-59,61,65-66H,4-6,8-9,11-14,21-23,27,30,32-51H2,1-3H3,(H,67,68)/b10-7-,18-15-,19-16-,20-17-,26-24-,28-25-,31-29-. The minimum absolute atomic E-state index is 0.0271. The SMILES string of the molecule is CC/C=C\C/C=C\C/C=C\C/C=C\CCCCCCC(=O)OC1C(OCC(COC(=O)CCCCCCC/C=C\C/C=C\CCCCC)OC(=O)CCCCCCC/C=C\CCCC)OC(C(=O)O)C(O)C1O. The molecule has 0 bridgehead atoms. The first kappa shape index (κ1) is 66.9. The molecule has 1 saturated heterocycles. The minimum atomic E-state index is -1.92. The maximum Gasteiger partial charge on any atom is 0.335 e. The summed E-state index contributed by atoms with van der Waals surface area (Å²) in [4.78, 5) is 51.0. The molecule has 1 heterocycles. The van der Waals surface area contributed by atoms with Crippen molar-refractivity contribution in [1.82, 2.24) is 0 Å². The van der Waals surface area contributed by atoms with Gasteiger partial charge in [-0.2, -0.15) is 0 Å². The molecule has 12 heteroatoms. The van der Waals surface area contributed by atoms with Gasteiger partial charge in [-0.15, -0.1) is 0 Å². The van der Waals surface area contributed by atoms with Crippen molar-refractivity contribution in [3.63, 3.8) is 0 Å². The van der Waals surface area contributed by atoms with Crippen molar-refractivity contribution in [3.8, 4) is 0 Å². The van der Waals surface area contributed by atoms with Crippen molar-refractivity contribution in [1.29, 1.82) is 0 Å². The fourth-order valence-corrected chi connectivity index (χ4v) is 8.02. The zero-order valence-electron chi connectivity index (χ0n) is 45.6. The molecule has 1 aliphatic rings. The molecule has 1 rings (SSSR count). The smallest absolute Gasteiger partial charge is 0.335 e. The van der Waals surface area contributed by atoms with Gasteiger partial charge in [0.2, 0.25) is 0 Å². The highest BCUT2D eigenvalue weighted by Crippen LogP contribution is 2.26. The van der Waals surface area contributed by atoms with E-state index in [4.69, 9.17) is 23.7 Å². The highest BCUT2D eigenvalue weighted by Gasteiger charge is 2.50. The van der Waals surface area contributed by atoms with E-state index in [1.54, 1.807) is 0 Å². The fourth-order valence-electron chi connectivity index (χ4n) is 8.02. The van der Waals surface area contributed by atoms with E-state index in [9.17, 15) is 34.5 Å². The summed E-state index contributed by atoms with van der Waals surface area (Å²) >= 11 is 0. The van der Waals surface area contributed by atoms with E-state index >= 15 is 0 Å². The number of carboxylic acids is 1. The van der Waals surface area contributed by atoms with Gasteiger partial charge in [0, 0.05) is 19.3 Å². The first-order valence-electron chi connectivity index (χ1n) is 28.6. The molecular weight excluding hydrogens is 925 g/mol. The minimum Gasteiger partial charge on any atom is -0.479 e. The maximum absolute atomic E-state index is 13.1. The van der Waals surface area contributed by atoms with Crippen LogP contribution in [0.4, 0.5) is 0 Å². The van der Waals surface area contributed by atoms with Gasteiger partial charge in [-0.05, 0) is 109 Å². The van der Waals surface area contributed by atoms with Gasteiger partial charge in [-0.25, -0.2) is 4.79 Å². The number of rotatable bonds is 47. The summed E-state index contributed by atoms with van der Waals surface area (Å²) in [5, 5.41) is 31.4. The molecule has 6 unspecified atom stereocenters. The van der Waals surface area contributed by atoms with Crippen LogP contribution in [-0.2, 0) is 42.9 Å². The van der Waals surface area contributed by atoms with Crippen molar-refractivity contribution in [3.05, 3.63) is 85.1 Å². The third kappa shape index (κ3) is 39.0. The van der Waals surface area contributed by atoms with Gasteiger partial charge in [0.15, 0.2) is 24.6 Å². The van der Waals surface area contributed by atoms with Gasteiger partial charge < -0.3 is 39.0 Å². The highest BCUT2D eigenvalue weighted by atomic mass is 16.7. The Morgan fingerprint density at radius 3 is 1.37 bits per heavy atom. The molecule has 0 aromatic carbocycles. The summed E-state index contributed by atoms with van der Waals surface area (Å²) in [6.07, 6.45) is 49.8. The predicted molar refractivity (Wildman–Crippen MR) is 294 cm³/mol. The molecule has 6 atom stereocenters. The summed E-state index contributed by atoms with van der Waals surface area (Å²) in [7, 11) is 0. The molecule has 0 amide bonds. The van der Waals surface area contributed by atoms with Crippen LogP contribution in [0.3, 0.4) is 0 Å². The van der Waals surface area contributed by atoms with Crippen LogP contribution >= 0.6 is 0 Å². The number of ether oxygens (including phenoxy) is 5. The average Bonchev–Trinajstić information content (AvgIpc) is 3.37. The van der Waals surface area contributed by atoms with Gasteiger partial charge in [0.1, 0.15) is 18.8 Å². The summed E-state index contributed by atoms with van der Waals surface area (Å²) in [5.41, 5.74) is 0. The molecule has 3 N–H and O–H groups in total. The molecule has 0 radical (unpaired) electrons. The van der Waals surface area contributed by atoms with Gasteiger partial charge in [-0.3, -0.25) is 14.4 Å². The van der Waals surface area contributed by atoms with Gasteiger partial charge in [0.05, 0.1) is 6.61 Å². The van der Waals surface area contributed by atoms with E-state index in [0.29, 0.717) is 19.3 Å². The summed E-state index contributed by atoms with van der Waals surface area (Å²) in [5.74, 6) is -3.19. The number of unbranched alkanes of at least 4 members (excludes halogenated alkanes) is 19. The first-order valence-corrected chi connectivity index (χ1v) is 28.6. The molecule has 12 nitrogen and oxygen atoms in total. The van der Waals surface area contributed by atoms with E-state index in [1.165, 1.54) is 32.1 Å². The van der Waals surface area contributed by atoms with Crippen molar-refractivity contribution >= 4 is 23.9 Å². The summed E-state index contributed by atoms with van der Waals surface area (Å²) < 4.78 is 28.3. The zero-order chi connectivity index (χ0) is 53.3. The Morgan fingerprint density at radius 2 is 0.877 bits per heavy atom. The lowest BCUT2D eigenvalue weighted by Gasteiger charge is -2.40. The second-order valence-electron chi connectivity index (χ2n) is 19.2. The fraction of sp³-hybridized carbons (Fsp3) is 0.705. The number of hydrogen-bond donors (Lipinski definition) is 3. The lowest BCUT2D eigenvalue weighted by atomic mass is 9.98. The molecule has 1 fully saturated rings. The Labute approximate surface area is 441 Å². The van der Waals surface area contributed by atoms with E-state index in [0.717, 1.165) is 135 Å². The lowest BCUT2D eigenvalue weighted by Crippen LogP contribution is -2.61. The van der Waals surface area contributed by atoms with Gasteiger partial charge in [-0.1, -0.05) is 183 Å². The van der Waals surface area contributed by atoms with Crippen LogP contribution in [0.1, 0.15) is 226 Å². The Bertz CT molecular complexity index is 1590. The van der Waals surface area contributed by atoms with Crippen molar-refractivity contribution < 1.29 is 58.2 Å². The molecule has 73 heavy (non-hydrogen) atoms. The number of carbonyl (C=O) groups excluding carboxylic acids is 3. The lowest BCUT2D eigenvalue weighted by molar-refractivity contribution is -0.301. The Balaban J connectivity index is 2.72. The number of carbonyl (C=O) groups is 4. The van der Waals surface area contributed by atoms with E-state index < -0.39 is 67.3 Å². The highest BCUT2D eigenvalue weighted by molar-refractivity contribution is 5.74. The third-order valence-corrected chi connectivity index (χ3v) is 12.4. The molecule has 0 saturated carbocycles. The van der Waals surface area contributed by atoms with Crippen LogP contribution in [-0.4, -0.2) is 89.2 Å². The van der Waals surface area contributed by atoms with Crippen LogP contribution in [0.2, 0.25) is 0 Å². The second-order valence-corrected chi connectivity index (χ2v) is 19.2. The van der Waals surface area contributed by atoms with Crippen LogP contribution in [0.5, 0.6) is 0 Å². The van der Waals surface area contributed by atoms with Crippen LogP contribution in [0.15, 0.2) is 85.1 Å². The Hall–Kier alpha value is -4.10. The number of esters is 3. The molecular formula is C61H100O12. The summed E-state index contributed by atoms with van der Waals surface area (Å²) in [6, 6.07) is 0. The van der Waals surface area contributed by atoms with E-state index in [-0.39, 0.29) is 25.9 Å². The number of aliphatic carboxylic acids is 1. The largest absolute Gasteiger partial charge is 0.479 e. The quantitative estimate of drug-likeness (QED) is 0.0228. The second kappa shape index (κ2) is 48.8. The predicted octanol–water partition coefficient (Wildman–Crippen LogP) is 14.3. The first-order chi connectivity index (χ1) is 35.6. The number of carboxylic acid groups (broad SMARTS) is 1. The van der Waals surface area contributed by atoms with Crippen molar-refractivity contribution in [2.45, 2.75) is 263 Å². The normalized spacial score (nSPS) is 18.9. The van der Waals surface area contributed by atoms with Crippen molar-refractivity contribution in [2.75, 3.05) is 13.2 Å². The monoisotopic (exact) mass is 1020 g/mol. The number of allylic oxidation sites excluding steroid dienone is 14. The third-order valence-electron chi connectivity index (χ3n) is 12.4. The molecule has 0 aliphatic carbocycles. The molecule has 416 valence electrons. The number of aliphatic hydroxyl groups is 2. The van der Waals surface area contributed by atoms with E-state index in [2.05, 4.69) is 106 Å². The number of hydrogen-bond acceptors (Lipinski definition) is 11. The Morgan fingerprint density at radius 1 is 0.466 bits per heavy atom. The van der Waals surface area contributed by atoms with Crippen LogP contribution < -0.4 is 0 Å². The zero-order valence-corrected chi connectivity index (χ0v) is 45.6. The molecule has 0 aromatic heterocycles.